The third-order valence-corrected chi connectivity index (χ3v) is 5.48. The number of methoxy groups -OCH3 is 1. The molecule has 4 rings (SSSR count). The van der Waals surface area contributed by atoms with Crippen LogP contribution >= 0.6 is 0 Å². The van der Waals surface area contributed by atoms with Gasteiger partial charge in [-0.1, -0.05) is 0 Å². The summed E-state index contributed by atoms with van der Waals surface area (Å²) in [5.41, 5.74) is 2.09. The van der Waals surface area contributed by atoms with Crippen molar-refractivity contribution in [2.24, 2.45) is 0 Å². The Morgan fingerprint density at radius 1 is 1.00 bits per heavy atom. The van der Waals surface area contributed by atoms with Crippen LogP contribution in [0.1, 0.15) is 62.8 Å². The number of benzene rings is 1. The number of amides is 2. The predicted molar refractivity (Wildman–Crippen MR) is 106 cm³/mol. The van der Waals surface area contributed by atoms with Gasteiger partial charge in [-0.05, 0) is 56.4 Å². The summed E-state index contributed by atoms with van der Waals surface area (Å²) in [6.07, 6.45) is 4.68. The number of hydrogen-bond acceptors (Lipinski definition) is 5. The lowest BCUT2D eigenvalue weighted by atomic mass is 10.1. The second-order valence-corrected chi connectivity index (χ2v) is 7.36. The van der Waals surface area contributed by atoms with Gasteiger partial charge in [0.1, 0.15) is 0 Å². The van der Waals surface area contributed by atoms with Gasteiger partial charge in [0.15, 0.2) is 11.5 Å². The molecule has 29 heavy (non-hydrogen) atoms. The molecule has 152 valence electrons. The zero-order valence-electron chi connectivity index (χ0n) is 16.4. The highest BCUT2D eigenvalue weighted by Crippen LogP contribution is 2.24. The van der Waals surface area contributed by atoms with E-state index in [1.54, 1.807) is 24.3 Å². The minimum Gasteiger partial charge on any atom is -0.465 e. The number of carbonyl (C=O) groups is 3. The minimum absolute atomic E-state index is 0.0906. The van der Waals surface area contributed by atoms with Gasteiger partial charge in [0.2, 0.25) is 0 Å². The smallest absolute Gasteiger partial charge is 0.337 e. The molecule has 1 aromatic carbocycles. The Kier molecular flexibility index (Phi) is 5.33. The maximum absolute atomic E-state index is 12.9. The van der Waals surface area contributed by atoms with Crippen molar-refractivity contribution in [3.8, 4) is 0 Å². The maximum Gasteiger partial charge on any atom is 0.337 e. The molecule has 2 amide bonds. The van der Waals surface area contributed by atoms with Crippen LogP contribution in [0.4, 0.5) is 5.69 Å². The van der Waals surface area contributed by atoms with Gasteiger partial charge < -0.3 is 19.5 Å². The first-order valence-corrected chi connectivity index (χ1v) is 9.97. The first-order valence-electron chi connectivity index (χ1n) is 9.97. The maximum atomic E-state index is 12.9. The van der Waals surface area contributed by atoms with Crippen LogP contribution in [-0.2, 0) is 17.7 Å². The number of carbonyl (C=O) groups excluding carboxylic acids is 3. The first kappa shape index (κ1) is 19.2. The van der Waals surface area contributed by atoms with E-state index in [1.165, 1.54) is 7.11 Å². The molecule has 1 saturated heterocycles. The van der Waals surface area contributed by atoms with E-state index in [0.29, 0.717) is 29.3 Å². The van der Waals surface area contributed by atoms with Crippen LogP contribution in [-0.4, -0.2) is 52.4 Å². The average Bonchev–Trinajstić information content (AvgIpc) is 3.41. The Morgan fingerprint density at radius 3 is 2.38 bits per heavy atom. The van der Waals surface area contributed by atoms with Crippen molar-refractivity contribution in [1.29, 1.82) is 0 Å². The third-order valence-electron chi connectivity index (χ3n) is 5.48. The molecule has 1 N–H and O–H groups in total. The van der Waals surface area contributed by atoms with Crippen LogP contribution in [0, 0.1) is 0 Å². The molecule has 2 aliphatic heterocycles. The summed E-state index contributed by atoms with van der Waals surface area (Å²) in [7, 11) is 1.32. The van der Waals surface area contributed by atoms with E-state index >= 15 is 0 Å². The van der Waals surface area contributed by atoms with Gasteiger partial charge in [-0.15, -0.1) is 0 Å². The molecule has 0 radical (unpaired) electrons. The number of esters is 1. The summed E-state index contributed by atoms with van der Waals surface area (Å²) in [6, 6.07) is 6.46. The number of fused-ring (bicyclic) bond motifs is 1. The number of rotatable bonds is 4. The van der Waals surface area contributed by atoms with E-state index in [1.807, 2.05) is 9.47 Å². The quantitative estimate of drug-likeness (QED) is 0.802. The van der Waals surface area contributed by atoms with Crippen molar-refractivity contribution in [3.05, 3.63) is 47.0 Å². The lowest BCUT2D eigenvalue weighted by Gasteiger charge is -2.19. The fraction of sp³-hybridized carbons (Fsp3) is 0.429. The molecule has 3 heterocycles. The van der Waals surface area contributed by atoms with Gasteiger partial charge in [0.05, 0.1) is 18.4 Å². The molecule has 8 heteroatoms. The van der Waals surface area contributed by atoms with Crippen LogP contribution in [0.15, 0.2) is 24.3 Å². The van der Waals surface area contributed by atoms with E-state index in [4.69, 9.17) is 0 Å². The molecule has 0 saturated carbocycles. The summed E-state index contributed by atoms with van der Waals surface area (Å²) in [5.74, 6) is -0.502. The monoisotopic (exact) mass is 396 g/mol. The van der Waals surface area contributed by atoms with Crippen molar-refractivity contribution in [3.63, 3.8) is 0 Å². The number of hydrogen-bond donors (Lipinski definition) is 1. The van der Waals surface area contributed by atoms with Crippen LogP contribution in [0.5, 0.6) is 0 Å². The Balaban J connectivity index is 1.58. The summed E-state index contributed by atoms with van der Waals surface area (Å²) in [4.78, 5) is 43.7. The number of imidazole rings is 1. The number of likely N-dealkylation sites (tertiary alicyclic amines) is 1. The topological polar surface area (TPSA) is 93.5 Å². The normalized spacial score (nSPS) is 15.7. The summed E-state index contributed by atoms with van der Waals surface area (Å²) >= 11 is 0. The van der Waals surface area contributed by atoms with Crippen LogP contribution in [0.2, 0.25) is 0 Å². The largest absolute Gasteiger partial charge is 0.465 e. The number of nitrogens with one attached hydrogen (secondary N) is 1. The van der Waals surface area contributed by atoms with Crippen LogP contribution in [0.3, 0.4) is 0 Å². The van der Waals surface area contributed by atoms with Crippen LogP contribution < -0.4 is 5.32 Å². The zero-order valence-corrected chi connectivity index (χ0v) is 16.4. The van der Waals surface area contributed by atoms with Gasteiger partial charge >= 0.3 is 5.97 Å². The van der Waals surface area contributed by atoms with E-state index in [-0.39, 0.29) is 11.8 Å². The van der Waals surface area contributed by atoms with E-state index in [2.05, 4.69) is 15.0 Å². The van der Waals surface area contributed by atoms with Crippen molar-refractivity contribution in [2.75, 3.05) is 25.5 Å². The number of anilines is 1. The highest BCUT2D eigenvalue weighted by atomic mass is 16.5. The third kappa shape index (κ3) is 3.74. The fourth-order valence-corrected chi connectivity index (χ4v) is 3.95. The molecular weight excluding hydrogens is 372 g/mol. The van der Waals surface area contributed by atoms with Crippen LogP contribution in [0.25, 0.3) is 0 Å². The van der Waals surface area contributed by atoms with Crippen molar-refractivity contribution < 1.29 is 19.1 Å². The van der Waals surface area contributed by atoms with E-state index in [9.17, 15) is 14.4 Å². The molecular formula is C21H24N4O4. The Labute approximate surface area is 168 Å². The second kappa shape index (κ2) is 8.06. The van der Waals surface area contributed by atoms with Gasteiger partial charge in [-0.3, -0.25) is 9.59 Å². The standard InChI is InChI=1S/C21H24N4O4/c1-29-21(28)14-7-9-15(10-8-14)22-19(26)17-16-6-2-3-13-25(16)18(23-17)20(27)24-11-4-5-12-24/h7-10H,2-6,11-13H2,1H3,(H,22,26). The first-order chi connectivity index (χ1) is 14.1. The Bertz CT molecular complexity index is 942. The number of aromatic nitrogens is 2. The Hall–Kier alpha value is -3.16. The van der Waals surface area contributed by atoms with Gasteiger partial charge in [-0.25, -0.2) is 9.78 Å². The second-order valence-electron chi connectivity index (χ2n) is 7.36. The summed E-state index contributed by atoms with van der Waals surface area (Å²) < 4.78 is 6.60. The molecule has 0 unspecified atom stereocenters. The van der Waals surface area contributed by atoms with Crippen molar-refractivity contribution >= 4 is 23.5 Å². The summed E-state index contributed by atoms with van der Waals surface area (Å²) in [6.45, 7) is 2.20. The molecule has 1 aromatic heterocycles. The highest BCUT2D eigenvalue weighted by Gasteiger charge is 2.30. The fourth-order valence-electron chi connectivity index (χ4n) is 3.95. The molecule has 0 bridgehead atoms. The lowest BCUT2D eigenvalue weighted by molar-refractivity contribution is 0.0600. The molecule has 0 aliphatic carbocycles. The molecule has 1 fully saturated rings. The van der Waals surface area contributed by atoms with Gasteiger partial charge in [-0.2, -0.15) is 0 Å². The summed E-state index contributed by atoms with van der Waals surface area (Å²) in [5, 5.41) is 2.82. The van der Waals surface area contributed by atoms with Gasteiger partial charge in [0, 0.05) is 25.3 Å². The zero-order chi connectivity index (χ0) is 20.4. The number of ether oxygens (including phenoxy) is 1. The van der Waals surface area contributed by atoms with Gasteiger partial charge in [0.25, 0.3) is 11.8 Å². The highest BCUT2D eigenvalue weighted by molar-refractivity contribution is 6.05. The lowest BCUT2D eigenvalue weighted by Crippen LogP contribution is -2.31. The van der Waals surface area contributed by atoms with Crippen molar-refractivity contribution in [2.45, 2.75) is 38.6 Å². The molecule has 2 aliphatic rings. The molecule has 0 atom stereocenters. The molecule has 0 spiro atoms. The van der Waals surface area contributed by atoms with E-state index in [0.717, 1.165) is 50.9 Å². The van der Waals surface area contributed by atoms with E-state index < -0.39 is 5.97 Å². The SMILES string of the molecule is COC(=O)c1ccc(NC(=O)c2nc(C(=O)N3CCCC3)n3c2CCCC3)cc1. The molecule has 2 aromatic rings. The average molecular weight is 396 g/mol. The Morgan fingerprint density at radius 2 is 1.69 bits per heavy atom. The minimum atomic E-state index is -0.434. The molecule has 8 nitrogen and oxygen atoms in total. The van der Waals surface area contributed by atoms with Crippen molar-refractivity contribution in [1.82, 2.24) is 14.5 Å². The predicted octanol–water partition coefficient (Wildman–Crippen LogP) is 2.49. The number of nitrogens with zero attached hydrogens (tertiary/aromatic N) is 3.